The van der Waals surface area contributed by atoms with Crippen molar-refractivity contribution in [3.8, 4) is 5.75 Å². The van der Waals surface area contributed by atoms with Crippen LogP contribution in [0.5, 0.6) is 5.75 Å². The molecular formula is C13H19NO. The molecule has 1 aromatic rings. The average Bonchev–Trinajstić information content (AvgIpc) is 2.26. The van der Waals surface area contributed by atoms with Crippen molar-refractivity contribution in [2.75, 3.05) is 14.2 Å². The SMILES string of the molecule is C=CCC(NC)c1cc(C)ccc1OC. The standard InChI is InChI=1S/C13H19NO/c1-5-6-12(14-3)11-9-10(2)7-8-13(11)15-4/h5,7-9,12,14H,1,6H2,2-4H3. The molecule has 0 amide bonds. The third-order valence-electron chi connectivity index (χ3n) is 2.51. The van der Waals surface area contributed by atoms with Crippen molar-refractivity contribution >= 4 is 0 Å². The van der Waals surface area contributed by atoms with Crippen molar-refractivity contribution in [2.45, 2.75) is 19.4 Å². The lowest BCUT2D eigenvalue weighted by Gasteiger charge is -2.18. The number of hydrogen-bond acceptors (Lipinski definition) is 2. The normalized spacial score (nSPS) is 12.2. The van der Waals surface area contributed by atoms with Crippen LogP contribution in [0.25, 0.3) is 0 Å². The fourth-order valence-corrected chi connectivity index (χ4v) is 1.69. The summed E-state index contributed by atoms with van der Waals surface area (Å²) < 4.78 is 5.36. The van der Waals surface area contributed by atoms with E-state index in [2.05, 4.69) is 31.0 Å². The van der Waals surface area contributed by atoms with Gasteiger partial charge in [-0.3, -0.25) is 0 Å². The van der Waals surface area contributed by atoms with Gasteiger partial charge in [0.25, 0.3) is 0 Å². The molecule has 0 saturated heterocycles. The minimum atomic E-state index is 0.275. The molecule has 1 atom stereocenters. The first kappa shape index (κ1) is 11.8. The Balaban J connectivity index is 3.07. The molecule has 1 N–H and O–H groups in total. The largest absolute Gasteiger partial charge is 0.496 e. The third-order valence-corrected chi connectivity index (χ3v) is 2.51. The molecule has 15 heavy (non-hydrogen) atoms. The Morgan fingerprint density at radius 1 is 1.53 bits per heavy atom. The molecule has 0 aliphatic heterocycles. The maximum Gasteiger partial charge on any atom is 0.123 e. The summed E-state index contributed by atoms with van der Waals surface area (Å²) in [5, 5.41) is 3.27. The lowest BCUT2D eigenvalue weighted by Crippen LogP contribution is -2.16. The van der Waals surface area contributed by atoms with Gasteiger partial charge >= 0.3 is 0 Å². The van der Waals surface area contributed by atoms with E-state index in [-0.39, 0.29) is 6.04 Å². The van der Waals surface area contributed by atoms with Gasteiger partial charge in [0.15, 0.2) is 0 Å². The molecule has 1 rings (SSSR count). The van der Waals surface area contributed by atoms with Crippen molar-refractivity contribution < 1.29 is 4.74 Å². The van der Waals surface area contributed by atoms with E-state index < -0.39 is 0 Å². The van der Waals surface area contributed by atoms with Crippen LogP contribution in [0.3, 0.4) is 0 Å². The molecule has 0 saturated carbocycles. The number of rotatable bonds is 5. The minimum Gasteiger partial charge on any atom is -0.496 e. The van der Waals surface area contributed by atoms with Gasteiger partial charge in [0.1, 0.15) is 5.75 Å². The predicted octanol–water partition coefficient (Wildman–Crippen LogP) is 2.84. The molecular weight excluding hydrogens is 186 g/mol. The molecule has 0 aliphatic carbocycles. The van der Waals surface area contributed by atoms with E-state index in [4.69, 9.17) is 4.74 Å². The van der Waals surface area contributed by atoms with Crippen LogP contribution in [0.2, 0.25) is 0 Å². The van der Waals surface area contributed by atoms with Gasteiger partial charge in [-0.15, -0.1) is 6.58 Å². The Morgan fingerprint density at radius 2 is 2.27 bits per heavy atom. The molecule has 82 valence electrons. The zero-order chi connectivity index (χ0) is 11.3. The average molecular weight is 205 g/mol. The van der Waals surface area contributed by atoms with E-state index in [0.717, 1.165) is 12.2 Å². The quantitative estimate of drug-likeness (QED) is 0.746. The lowest BCUT2D eigenvalue weighted by atomic mass is 10.0. The van der Waals surface area contributed by atoms with Crippen LogP contribution in [-0.4, -0.2) is 14.2 Å². The minimum absolute atomic E-state index is 0.275. The first-order valence-electron chi connectivity index (χ1n) is 5.15. The van der Waals surface area contributed by atoms with Crippen molar-refractivity contribution in [1.82, 2.24) is 5.32 Å². The van der Waals surface area contributed by atoms with Gasteiger partial charge in [0, 0.05) is 11.6 Å². The number of hydrogen-bond donors (Lipinski definition) is 1. The second kappa shape index (κ2) is 5.56. The number of methoxy groups -OCH3 is 1. The fourth-order valence-electron chi connectivity index (χ4n) is 1.69. The van der Waals surface area contributed by atoms with Crippen molar-refractivity contribution in [1.29, 1.82) is 0 Å². The van der Waals surface area contributed by atoms with E-state index >= 15 is 0 Å². The molecule has 0 heterocycles. The highest BCUT2D eigenvalue weighted by atomic mass is 16.5. The zero-order valence-electron chi connectivity index (χ0n) is 9.71. The Labute approximate surface area is 92.0 Å². The second-order valence-electron chi connectivity index (χ2n) is 3.61. The molecule has 0 fully saturated rings. The Hall–Kier alpha value is -1.28. The van der Waals surface area contributed by atoms with Crippen molar-refractivity contribution in [2.24, 2.45) is 0 Å². The van der Waals surface area contributed by atoms with Crippen molar-refractivity contribution in [3.05, 3.63) is 42.0 Å². The first-order chi connectivity index (χ1) is 7.22. The fraction of sp³-hybridized carbons (Fsp3) is 0.385. The molecule has 1 aromatic carbocycles. The van der Waals surface area contributed by atoms with Crippen LogP contribution >= 0.6 is 0 Å². The summed E-state index contributed by atoms with van der Waals surface area (Å²) in [6, 6.07) is 6.50. The molecule has 1 unspecified atom stereocenters. The van der Waals surface area contributed by atoms with Gasteiger partial charge in [-0.1, -0.05) is 23.8 Å². The van der Waals surface area contributed by atoms with Crippen LogP contribution in [0, 0.1) is 6.92 Å². The van der Waals surface area contributed by atoms with E-state index in [1.165, 1.54) is 11.1 Å². The molecule has 0 radical (unpaired) electrons. The smallest absolute Gasteiger partial charge is 0.123 e. The summed E-state index contributed by atoms with van der Waals surface area (Å²) in [7, 11) is 3.66. The highest BCUT2D eigenvalue weighted by Gasteiger charge is 2.12. The van der Waals surface area contributed by atoms with E-state index in [1.807, 2.05) is 19.2 Å². The molecule has 2 nitrogen and oxygen atoms in total. The number of ether oxygens (including phenoxy) is 1. The van der Waals surface area contributed by atoms with Gasteiger partial charge in [-0.2, -0.15) is 0 Å². The van der Waals surface area contributed by atoms with Gasteiger partial charge < -0.3 is 10.1 Å². The van der Waals surface area contributed by atoms with Crippen LogP contribution < -0.4 is 10.1 Å². The zero-order valence-corrected chi connectivity index (χ0v) is 9.71. The molecule has 2 heteroatoms. The topological polar surface area (TPSA) is 21.3 Å². The maximum absolute atomic E-state index is 5.36. The van der Waals surface area contributed by atoms with Gasteiger partial charge in [0.05, 0.1) is 7.11 Å². The van der Waals surface area contributed by atoms with E-state index in [0.29, 0.717) is 0 Å². The summed E-state index contributed by atoms with van der Waals surface area (Å²) in [5.41, 5.74) is 2.44. The Morgan fingerprint density at radius 3 is 2.80 bits per heavy atom. The van der Waals surface area contributed by atoms with Crippen molar-refractivity contribution in [3.63, 3.8) is 0 Å². The highest BCUT2D eigenvalue weighted by molar-refractivity contribution is 5.39. The molecule has 0 aliphatic rings. The Bertz CT molecular complexity index is 333. The van der Waals surface area contributed by atoms with Crippen LogP contribution in [-0.2, 0) is 0 Å². The molecule has 0 spiro atoms. The summed E-state index contributed by atoms with van der Waals surface area (Å²) >= 11 is 0. The van der Waals surface area contributed by atoms with Crippen LogP contribution in [0.1, 0.15) is 23.6 Å². The second-order valence-corrected chi connectivity index (χ2v) is 3.61. The summed E-state index contributed by atoms with van der Waals surface area (Å²) in [6.07, 6.45) is 2.82. The van der Waals surface area contributed by atoms with Crippen LogP contribution in [0.15, 0.2) is 30.9 Å². The molecule has 0 bridgehead atoms. The van der Waals surface area contributed by atoms with E-state index in [1.54, 1.807) is 7.11 Å². The monoisotopic (exact) mass is 205 g/mol. The predicted molar refractivity (Wildman–Crippen MR) is 64.3 cm³/mol. The van der Waals surface area contributed by atoms with E-state index in [9.17, 15) is 0 Å². The summed E-state index contributed by atoms with van der Waals surface area (Å²) in [4.78, 5) is 0. The number of benzene rings is 1. The van der Waals surface area contributed by atoms with Crippen LogP contribution in [0.4, 0.5) is 0 Å². The highest BCUT2D eigenvalue weighted by Crippen LogP contribution is 2.28. The van der Waals surface area contributed by atoms with Gasteiger partial charge in [-0.05, 0) is 26.5 Å². The lowest BCUT2D eigenvalue weighted by molar-refractivity contribution is 0.401. The molecule has 0 aromatic heterocycles. The summed E-state index contributed by atoms with van der Waals surface area (Å²) in [6.45, 7) is 5.86. The third kappa shape index (κ3) is 2.83. The van der Waals surface area contributed by atoms with Gasteiger partial charge in [0.2, 0.25) is 0 Å². The van der Waals surface area contributed by atoms with Gasteiger partial charge in [-0.25, -0.2) is 0 Å². The maximum atomic E-state index is 5.36. The number of aryl methyl sites for hydroxylation is 1. The number of nitrogens with one attached hydrogen (secondary N) is 1. The first-order valence-corrected chi connectivity index (χ1v) is 5.15. The Kier molecular flexibility index (Phi) is 4.37. The summed E-state index contributed by atoms with van der Waals surface area (Å²) in [5.74, 6) is 0.932.